The second kappa shape index (κ2) is 10.6. The van der Waals surface area contributed by atoms with E-state index in [-0.39, 0.29) is 24.0 Å². The molecule has 0 bridgehead atoms. The number of aromatic amines is 1. The maximum Gasteiger partial charge on any atom is 0.401 e. The minimum absolute atomic E-state index is 0.0476. The molecule has 5 rings (SSSR count). The summed E-state index contributed by atoms with van der Waals surface area (Å²) < 4.78 is 85.5. The number of H-pyrrole nitrogens is 1. The van der Waals surface area contributed by atoms with E-state index in [2.05, 4.69) is 20.4 Å². The highest BCUT2D eigenvalue weighted by atomic mass is 19.4. The van der Waals surface area contributed by atoms with Crippen molar-refractivity contribution >= 4 is 16.6 Å². The highest BCUT2D eigenvalue weighted by Gasteiger charge is 2.42. The van der Waals surface area contributed by atoms with Gasteiger partial charge >= 0.3 is 12.8 Å². The number of fused-ring (bicyclic) bond motifs is 3. The van der Waals surface area contributed by atoms with E-state index in [9.17, 15) is 26.3 Å². The van der Waals surface area contributed by atoms with Crippen LogP contribution in [-0.4, -0.2) is 77.7 Å². The first kappa shape index (κ1) is 26.6. The molecular weight excluding hydrogens is 512 g/mol. The Hall–Kier alpha value is -2.99. The summed E-state index contributed by atoms with van der Waals surface area (Å²) in [6, 6.07) is 6.70. The zero-order valence-corrected chi connectivity index (χ0v) is 20.7. The van der Waals surface area contributed by atoms with Gasteiger partial charge in [-0.1, -0.05) is 12.1 Å². The van der Waals surface area contributed by atoms with Gasteiger partial charge in [0.2, 0.25) is 0 Å². The third-order valence-electron chi connectivity index (χ3n) is 7.29. The number of rotatable bonds is 9. The molecule has 2 atom stereocenters. The first-order valence-electron chi connectivity index (χ1n) is 12.5. The molecule has 3 aromatic rings. The molecule has 2 aromatic carbocycles. The molecular formula is C26H29F6N5O. The molecule has 0 radical (unpaired) electrons. The summed E-state index contributed by atoms with van der Waals surface area (Å²) >= 11 is 0. The molecule has 206 valence electrons. The molecule has 0 saturated carbocycles. The van der Waals surface area contributed by atoms with Crippen LogP contribution in [0.25, 0.3) is 10.9 Å². The highest BCUT2D eigenvalue weighted by molar-refractivity contribution is 5.83. The van der Waals surface area contributed by atoms with Gasteiger partial charge in [0.05, 0.1) is 37.0 Å². The SMILES string of the molecule is C[C@@H]1Cc2c(ccc3[nH]ncc23)[C@@H](c2ccc(NC3CN(CCCF)C3)cc2OC(F)F)N1CC(F)(F)F. The lowest BCUT2D eigenvalue weighted by atomic mass is 9.83. The Kier molecular flexibility index (Phi) is 7.45. The van der Waals surface area contributed by atoms with Gasteiger partial charge in [-0.15, -0.1) is 0 Å². The Bertz CT molecular complexity index is 1260. The van der Waals surface area contributed by atoms with Crippen LogP contribution in [0.1, 0.15) is 36.1 Å². The van der Waals surface area contributed by atoms with E-state index in [1.165, 1.54) is 11.0 Å². The van der Waals surface area contributed by atoms with Crippen LogP contribution in [0, 0.1) is 0 Å². The van der Waals surface area contributed by atoms with Crippen molar-refractivity contribution in [3.05, 3.63) is 53.2 Å². The quantitative estimate of drug-likeness (QED) is 0.350. The van der Waals surface area contributed by atoms with Crippen molar-refractivity contribution in [2.45, 2.75) is 50.7 Å². The number of halogens is 6. The monoisotopic (exact) mass is 541 g/mol. The molecule has 1 aromatic heterocycles. The lowest BCUT2D eigenvalue weighted by molar-refractivity contribution is -0.155. The Morgan fingerprint density at radius 1 is 1.16 bits per heavy atom. The number of hydrogen-bond donors (Lipinski definition) is 2. The molecule has 1 saturated heterocycles. The minimum atomic E-state index is -4.49. The summed E-state index contributed by atoms with van der Waals surface area (Å²) in [7, 11) is 0. The predicted molar refractivity (Wildman–Crippen MR) is 131 cm³/mol. The third kappa shape index (κ3) is 5.56. The fourth-order valence-corrected chi connectivity index (χ4v) is 5.63. The predicted octanol–water partition coefficient (Wildman–Crippen LogP) is 5.52. The van der Waals surface area contributed by atoms with Gasteiger partial charge in [0.1, 0.15) is 5.75 Å². The molecule has 0 unspecified atom stereocenters. The van der Waals surface area contributed by atoms with Crippen LogP contribution in [0.2, 0.25) is 0 Å². The van der Waals surface area contributed by atoms with Crippen LogP contribution in [0.15, 0.2) is 36.5 Å². The van der Waals surface area contributed by atoms with Crippen LogP contribution in [0.4, 0.5) is 32.0 Å². The highest BCUT2D eigenvalue weighted by Crippen LogP contribution is 2.45. The average molecular weight is 542 g/mol. The third-order valence-corrected chi connectivity index (χ3v) is 7.29. The second-order valence-corrected chi connectivity index (χ2v) is 9.98. The van der Waals surface area contributed by atoms with Crippen molar-refractivity contribution in [2.75, 3.05) is 38.2 Å². The molecule has 12 heteroatoms. The smallest absolute Gasteiger partial charge is 0.401 e. The fraction of sp³-hybridized carbons (Fsp3) is 0.500. The second-order valence-electron chi connectivity index (χ2n) is 9.98. The number of hydrogen-bond acceptors (Lipinski definition) is 5. The fourth-order valence-electron chi connectivity index (χ4n) is 5.63. The largest absolute Gasteiger partial charge is 0.434 e. The molecule has 0 aliphatic carbocycles. The van der Waals surface area contributed by atoms with Gasteiger partial charge in [-0.25, -0.2) is 0 Å². The zero-order valence-electron chi connectivity index (χ0n) is 20.7. The standard InChI is InChI=1S/C26H29F6N5O/c1-15-9-20-18(5-6-22-21(20)11-33-35-22)24(37(15)14-26(30,31)32)19-4-3-16(10-23(19)38-25(28)29)34-17-12-36(13-17)8-2-7-27/h3-6,10-11,15,17,24-25,34H,2,7-9,12-14H2,1H3,(H,33,35)/t15-,24+/m1/s1. The Labute approximate surface area is 215 Å². The first-order valence-corrected chi connectivity index (χ1v) is 12.5. The molecule has 0 amide bonds. The van der Waals surface area contributed by atoms with E-state index >= 15 is 0 Å². The summed E-state index contributed by atoms with van der Waals surface area (Å²) in [5.41, 5.74) is 2.94. The summed E-state index contributed by atoms with van der Waals surface area (Å²) in [6.45, 7) is -1.03. The van der Waals surface area contributed by atoms with Gasteiger partial charge in [-0.2, -0.15) is 27.1 Å². The number of nitrogens with one attached hydrogen (secondary N) is 2. The lowest BCUT2D eigenvalue weighted by Crippen LogP contribution is -2.54. The van der Waals surface area contributed by atoms with Gasteiger partial charge in [0, 0.05) is 48.4 Å². The molecule has 3 heterocycles. The van der Waals surface area contributed by atoms with Gasteiger partial charge in [-0.3, -0.25) is 19.3 Å². The van der Waals surface area contributed by atoms with Gasteiger partial charge in [0.15, 0.2) is 0 Å². The van der Waals surface area contributed by atoms with Gasteiger partial charge < -0.3 is 10.1 Å². The number of ether oxygens (including phenoxy) is 1. The van der Waals surface area contributed by atoms with Crippen LogP contribution in [0.5, 0.6) is 5.75 Å². The average Bonchev–Trinajstić information content (AvgIpc) is 3.30. The topological polar surface area (TPSA) is 56.4 Å². The number of alkyl halides is 6. The van der Waals surface area contributed by atoms with Crippen molar-refractivity contribution in [1.82, 2.24) is 20.0 Å². The van der Waals surface area contributed by atoms with E-state index in [0.717, 1.165) is 16.5 Å². The maximum atomic E-state index is 13.7. The number of likely N-dealkylation sites (tertiary alicyclic amines) is 1. The normalized spacial score (nSPS) is 21.1. The van der Waals surface area contributed by atoms with E-state index in [0.29, 0.717) is 43.7 Å². The van der Waals surface area contributed by atoms with Crippen molar-refractivity contribution in [3.8, 4) is 5.75 Å². The zero-order chi connectivity index (χ0) is 27.0. The van der Waals surface area contributed by atoms with Crippen molar-refractivity contribution < 1.29 is 31.1 Å². The molecule has 1 fully saturated rings. The van der Waals surface area contributed by atoms with Crippen molar-refractivity contribution in [3.63, 3.8) is 0 Å². The summed E-state index contributed by atoms with van der Waals surface area (Å²) in [6.07, 6.45) is -2.05. The van der Waals surface area contributed by atoms with Crippen LogP contribution in [0.3, 0.4) is 0 Å². The van der Waals surface area contributed by atoms with Crippen LogP contribution < -0.4 is 10.1 Å². The summed E-state index contributed by atoms with van der Waals surface area (Å²) in [5.74, 6) is -0.178. The van der Waals surface area contributed by atoms with Crippen molar-refractivity contribution in [1.29, 1.82) is 0 Å². The maximum absolute atomic E-state index is 13.7. The number of anilines is 1. The Balaban J connectivity index is 1.52. The Morgan fingerprint density at radius 3 is 2.63 bits per heavy atom. The Morgan fingerprint density at radius 2 is 1.92 bits per heavy atom. The minimum Gasteiger partial charge on any atom is -0.434 e. The first-order chi connectivity index (χ1) is 18.1. The molecule has 2 aliphatic rings. The lowest BCUT2D eigenvalue weighted by Gasteiger charge is -2.43. The molecule has 38 heavy (non-hydrogen) atoms. The number of nitrogens with zero attached hydrogens (tertiary/aromatic N) is 3. The van der Waals surface area contributed by atoms with Crippen LogP contribution in [-0.2, 0) is 6.42 Å². The summed E-state index contributed by atoms with van der Waals surface area (Å²) in [5, 5.41) is 11.0. The van der Waals surface area contributed by atoms with E-state index < -0.39 is 31.4 Å². The molecule has 0 spiro atoms. The van der Waals surface area contributed by atoms with Gasteiger partial charge in [-0.05, 0) is 43.0 Å². The van der Waals surface area contributed by atoms with Crippen molar-refractivity contribution in [2.24, 2.45) is 0 Å². The molecule has 2 N–H and O–H groups in total. The van der Waals surface area contributed by atoms with Crippen LogP contribution >= 0.6 is 0 Å². The van der Waals surface area contributed by atoms with E-state index in [4.69, 9.17) is 4.74 Å². The van der Waals surface area contributed by atoms with E-state index in [1.807, 2.05) is 0 Å². The molecule has 6 nitrogen and oxygen atoms in total. The number of aromatic nitrogens is 2. The van der Waals surface area contributed by atoms with E-state index in [1.54, 1.807) is 37.4 Å². The number of benzene rings is 2. The molecule has 2 aliphatic heterocycles. The van der Waals surface area contributed by atoms with Gasteiger partial charge in [0.25, 0.3) is 0 Å². The summed E-state index contributed by atoms with van der Waals surface area (Å²) in [4.78, 5) is 3.37.